The minimum atomic E-state index is -0.545. The molecular weight excluding hydrogens is 426 g/mol. The standard InChI is InChI=1S/C28H39N3O3/c1-28(2)14-19(15-28)16-29-23-6-4-3-5-20(23)9-7-18-8-10-22-21(13-18)17-31(27(22)34)24-11-12-25(32)30-26(24)33/h8,10,13,19-20,23-24,29H,3-7,9,11-12,14-17H2,1-2H3,(H,30,32,33)/t20-,23-,24?/m0/s1. The molecule has 4 aliphatic rings. The number of nitrogens with zero attached hydrogens (tertiary/aromatic N) is 1. The van der Waals surface area contributed by atoms with Crippen molar-refractivity contribution in [2.24, 2.45) is 17.3 Å². The Balaban J connectivity index is 1.17. The number of imide groups is 1. The van der Waals surface area contributed by atoms with Gasteiger partial charge < -0.3 is 10.2 Å². The first kappa shape index (κ1) is 23.5. The van der Waals surface area contributed by atoms with Gasteiger partial charge in [-0.3, -0.25) is 19.7 Å². The summed E-state index contributed by atoms with van der Waals surface area (Å²) >= 11 is 0. The van der Waals surface area contributed by atoms with Crippen LogP contribution in [0.4, 0.5) is 0 Å². The summed E-state index contributed by atoms with van der Waals surface area (Å²) in [5, 5.41) is 6.31. The van der Waals surface area contributed by atoms with Gasteiger partial charge in [-0.05, 0) is 85.9 Å². The quantitative estimate of drug-likeness (QED) is 0.598. The molecule has 1 aromatic rings. The monoisotopic (exact) mass is 465 g/mol. The number of piperidine rings is 1. The Bertz CT molecular complexity index is 964. The summed E-state index contributed by atoms with van der Waals surface area (Å²) in [5.74, 6) is 0.876. The van der Waals surface area contributed by atoms with Crippen molar-refractivity contribution < 1.29 is 14.4 Å². The Morgan fingerprint density at radius 3 is 2.65 bits per heavy atom. The van der Waals surface area contributed by atoms with Crippen LogP contribution in [-0.2, 0) is 22.6 Å². The van der Waals surface area contributed by atoms with Crippen LogP contribution < -0.4 is 10.6 Å². The van der Waals surface area contributed by atoms with Gasteiger partial charge in [0, 0.05) is 24.6 Å². The number of carbonyl (C=O) groups excluding carboxylic acids is 3. The largest absolute Gasteiger partial charge is 0.322 e. The zero-order valence-electron chi connectivity index (χ0n) is 20.7. The first-order chi connectivity index (χ1) is 16.3. The van der Waals surface area contributed by atoms with Gasteiger partial charge in [-0.1, -0.05) is 38.8 Å². The van der Waals surface area contributed by atoms with Gasteiger partial charge in [0.25, 0.3) is 5.91 Å². The van der Waals surface area contributed by atoms with Gasteiger partial charge in [-0.25, -0.2) is 0 Å². The van der Waals surface area contributed by atoms with Crippen LogP contribution in [0, 0.1) is 17.3 Å². The van der Waals surface area contributed by atoms with Crippen LogP contribution in [0.15, 0.2) is 18.2 Å². The van der Waals surface area contributed by atoms with Crippen molar-refractivity contribution >= 4 is 17.7 Å². The van der Waals surface area contributed by atoms with E-state index in [1.54, 1.807) is 4.90 Å². The van der Waals surface area contributed by atoms with E-state index < -0.39 is 6.04 Å². The van der Waals surface area contributed by atoms with E-state index in [1.165, 1.54) is 57.1 Å². The maximum atomic E-state index is 12.9. The Morgan fingerprint density at radius 1 is 1.09 bits per heavy atom. The van der Waals surface area contributed by atoms with E-state index in [9.17, 15) is 14.4 Å². The highest BCUT2D eigenvalue weighted by atomic mass is 16.2. The molecule has 3 fully saturated rings. The average Bonchev–Trinajstić information content (AvgIpc) is 3.11. The fourth-order valence-corrected chi connectivity index (χ4v) is 6.92. The van der Waals surface area contributed by atoms with Crippen LogP contribution >= 0.6 is 0 Å². The fraction of sp³-hybridized carbons (Fsp3) is 0.679. The Kier molecular flexibility index (Phi) is 6.54. The molecule has 1 aromatic carbocycles. The average molecular weight is 466 g/mol. The van der Waals surface area contributed by atoms with E-state index in [0.29, 0.717) is 30.0 Å². The topological polar surface area (TPSA) is 78.5 Å². The molecule has 2 aliphatic carbocycles. The van der Waals surface area contributed by atoms with Gasteiger partial charge >= 0.3 is 0 Å². The smallest absolute Gasteiger partial charge is 0.255 e. The van der Waals surface area contributed by atoms with Crippen LogP contribution in [0.25, 0.3) is 0 Å². The summed E-state index contributed by atoms with van der Waals surface area (Å²) in [7, 11) is 0. The van der Waals surface area contributed by atoms with Crippen molar-refractivity contribution in [2.75, 3.05) is 6.54 Å². The molecule has 5 rings (SSSR count). The van der Waals surface area contributed by atoms with Gasteiger partial charge in [0.2, 0.25) is 11.8 Å². The summed E-state index contributed by atoms with van der Waals surface area (Å²) in [5.41, 5.74) is 3.54. The maximum Gasteiger partial charge on any atom is 0.255 e. The van der Waals surface area contributed by atoms with E-state index in [-0.39, 0.29) is 24.1 Å². The number of fused-ring (bicyclic) bond motifs is 1. The van der Waals surface area contributed by atoms with Gasteiger partial charge in [-0.2, -0.15) is 0 Å². The molecule has 0 bridgehead atoms. The summed E-state index contributed by atoms with van der Waals surface area (Å²) in [6.07, 6.45) is 10.9. The Hall–Kier alpha value is -2.21. The lowest BCUT2D eigenvalue weighted by atomic mass is 9.64. The number of amides is 3. The van der Waals surface area contributed by atoms with Crippen molar-refractivity contribution in [1.29, 1.82) is 0 Å². The second kappa shape index (κ2) is 9.44. The van der Waals surface area contributed by atoms with Crippen molar-refractivity contribution in [2.45, 2.75) is 96.7 Å². The molecule has 6 nitrogen and oxygen atoms in total. The minimum absolute atomic E-state index is 0.0910. The van der Waals surface area contributed by atoms with E-state index in [4.69, 9.17) is 0 Å². The summed E-state index contributed by atoms with van der Waals surface area (Å²) < 4.78 is 0. The van der Waals surface area contributed by atoms with Crippen LogP contribution in [0.2, 0.25) is 0 Å². The minimum Gasteiger partial charge on any atom is -0.322 e. The molecule has 2 heterocycles. The van der Waals surface area contributed by atoms with Gasteiger partial charge in [0.15, 0.2) is 0 Å². The highest BCUT2D eigenvalue weighted by Crippen LogP contribution is 2.44. The predicted molar refractivity (Wildman–Crippen MR) is 131 cm³/mol. The van der Waals surface area contributed by atoms with Crippen molar-refractivity contribution in [3.05, 3.63) is 34.9 Å². The van der Waals surface area contributed by atoms with Crippen LogP contribution in [-0.4, -0.2) is 41.2 Å². The molecule has 0 aromatic heterocycles. The van der Waals surface area contributed by atoms with Crippen molar-refractivity contribution in [1.82, 2.24) is 15.5 Å². The molecule has 2 aliphatic heterocycles. The second-order valence-electron chi connectivity index (χ2n) is 11.9. The molecule has 2 N–H and O–H groups in total. The molecule has 184 valence electrons. The van der Waals surface area contributed by atoms with Crippen molar-refractivity contribution in [3.63, 3.8) is 0 Å². The molecule has 0 radical (unpaired) electrons. The van der Waals surface area contributed by atoms with Crippen LogP contribution in [0.1, 0.15) is 93.1 Å². The molecule has 34 heavy (non-hydrogen) atoms. The molecule has 3 amide bonds. The lowest BCUT2D eigenvalue weighted by Gasteiger charge is -2.44. The van der Waals surface area contributed by atoms with Gasteiger partial charge in [0.1, 0.15) is 6.04 Å². The molecule has 3 atom stereocenters. The van der Waals surface area contributed by atoms with Gasteiger partial charge in [-0.15, -0.1) is 0 Å². The number of rotatable bonds is 7. The lowest BCUT2D eigenvalue weighted by molar-refractivity contribution is -0.136. The third-order valence-corrected chi connectivity index (χ3v) is 8.65. The van der Waals surface area contributed by atoms with Crippen LogP contribution in [0.5, 0.6) is 0 Å². The van der Waals surface area contributed by atoms with E-state index >= 15 is 0 Å². The first-order valence-electron chi connectivity index (χ1n) is 13.3. The van der Waals surface area contributed by atoms with E-state index in [1.807, 2.05) is 6.07 Å². The number of nitrogens with one attached hydrogen (secondary N) is 2. The third kappa shape index (κ3) is 4.93. The predicted octanol–water partition coefficient (Wildman–Crippen LogP) is 3.96. The zero-order chi connectivity index (χ0) is 23.9. The van der Waals surface area contributed by atoms with Crippen LogP contribution in [0.3, 0.4) is 0 Å². The molecular formula is C28H39N3O3. The molecule has 2 saturated carbocycles. The summed E-state index contributed by atoms with van der Waals surface area (Å²) in [6.45, 7) is 6.38. The fourth-order valence-electron chi connectivity index (χ4n) is 6.92. The maximum absolute atomic E-state index is 12.9. The highest BCUT2D eigenvalue weighted by Gasteiger charge is 2.39. The molecule has 1 unspecified atom stereocenters. The summed E-state index contributed by atoms with van der Waals surface area (Å²) in [4.78, 5) is 38.3. The number of benzene rings is 1. The zero-order valence-corrected chi connectivity index (χ0v) is 20.7. The number of hydrogen-bond donors (Lipinski definition) is 2. The van der Waals surface area contributed by atoms with E-state index in [2.05, 4.69) is 36.6 Å². The number of carbonyl (C=O) groups is 3. The number of aryl methyl sites for hydroxylation is 1. The molecule has 6 heteroatoms. The first-order valence-corrected chi connectivity index (χ1v) is 13.3. The third-order valence-electron chi connectivity index (χ3n) is 8.65. The molecule has 1 saturated heterocycles. The normalized spacial score (nSPS) is 29.1. The Morgan fingerprint density at radius 2 is 1.88 bits per heavy atom. The molecule has 0 spiro atoms. The van der Waals surface area contributed by atoms with Gasteiger partial charge in [0.05, 0.1) is 0 Å². The lowest BCUT2D eigenvalue weighted by Crippen LogP contribution is -2.52. The second-order valence-corrected chi connectivity index (χ2v) is 11.9. The Labute approximate surface area is 203 Å². The summed E-state index contributed by atoms with van der Waals surface area (Å²) in [6, 6.07) is 6.29. The van der Waals surface area contributed by atoms with Crippen molar-refractivity contribution in [3.8, 4) is 0 Å². The highest BCUT2D eigenvalue weighted by molar-refractivity contribution is 6.05. The van der Waals surface area contributed by atoms with E-state index in [0.717, 1.165) is 23.8 Å². The number of hydrogen-bond acceptors (Lipinski definition) is 4. The SMILES string of the molecule is CC1(C)CC(CN[C@H]2CCCC[C@H]2CCc2ccc3c(c2)CN(C2CCC(=O)NC2=O)C3=O)C1.